The smallest absolute Gasteiger partial charge is 0.259 e. The summed E-state index contributed by atoms with van der Waals surface area (Å²) in [4.78, 5) is 38.7. The summed E-state index contributed by atoms with van der Waals surface area (Å²) in [5, 5.41) is 9.85. The van der Waals surface area contributed by atoms with Gasteiger partial charge >= 0.3 is 0 Å². The van der Waals surface area contributed by atoms with Crippen molar-refractivity contribution in [3.8, 4) is 17.7 Å². The highest BCUT2D eigenvalue weighted by Gasteiger charge is 2.34. The third-order valence-electron chi connectivity index (χ3n) is 7.12. The molecule has 1 saturated heterocycles. The normalized spacial score (nSPS) is 21.3. The number of amides is 2. The first-order valence-corrected chi connectivity index (χ1v) is 13.4. The predicted molar refractivity (Wildman–Crippen MR) is 143 cm³/mol. The van der Waals surface area contributed by atoms with E-state index in [1.165, 1.54) is 19.3 Å². The van der Waals surface area contributed by atoms with Crippen LogP contribution in [0.2, 0.25) is 0 Å². The van der Waals surface area contributed by atoms with Crippen LogP contribution in [0, 0.1) is 17.8 Å². The molecule has 1 fully saturated rings. The average molecular weight is 514 g/mol. The lowest BCUT2D eigenvalue weighted by Gasteiger charge is -2.37. The number of piperidine rings is 1. The van der Waals surface area contributed by atoms with Crippen molar-refractivity contribution in [2.24, 2.45) is 5.92 Å². The molecule has 3 rings (SSSR count). The number of nitrogens with zero attached hydrogens (tertiary/aromatic N) is 5. The SMILES string of the molecule is C[C@@H]1CN([C@@H](C)CO)C(=O)c2cc(C#CCN(C)C)cnc2O[C@@H]1CN(C)C(=O)CCN1CCCCC1. The highest BCUT2D eigenvalue weighted by molar-refractivity contribution is 5.97. The molecule has 0 aromatic carbocycles. The van der Waals surface area contributed by atoms with Gasteiger partial charge in [-0.3, -0.25) is 14.5 Å². The fourth-order valence-electron chi connectivity index (χ4n) is 4.69. The lowest BCUT2D eigenvalue weighted by molar-refractivity contribution is -0.131. The number of carbonyl (C=O) groups is 2. The van der Waals surface area contributed by atoms with Gasteiger partial charge in [-0.2, -0.15) is 0 Å². The zero-order valence-electron chi connectivity index (χ0n) is 23.1. The first-order valence-electron chi connectivity index (χ1n) is 13.4. The lowest BCUT2D eigenvalue weighted by Crippen LogP contribution is -2.50. The molecule has 9 nitrogen and oxygen atoms in total. The summed E-state index contributed by atoms with van der Waals surface area (Å²) in [5.74, 6) is 6.14. The van der Waals surface area contributed by atoms with E-state index in [9.17, 15) is 14.7 Å². The third-order valence-corrected chi connectivity index (χ3v) is 7.12. The van der Waals surface area contributed by atoms with Crippen LogP contribution >= 0.6 is 0 Å². The Labute approximate surface area is 221 Å². The maximum atomic E-state index is 13.5. The topological polar surface area (TPSA) is 89.5 Å². The van der Waals surface area contributed by atoms with E-state index >= 15 is 0 Å². The van der Waals surface area contributed by atoms with Crippen molar-refractivity contribution < 1.29 is 19.4 Å². The Balaban J connectivity index is 1.79. The van der Waals surface area contributed by atoms with Gasteiger partial charge in [0.05, 0.1) is 25.7 Å². The van der Waals surface area contributed by atoms with Gasteiger partial charge in [0.1, 0.15) is 11.7 Å². The molecule has 3 heterocycles. The number of ether oxygens (including phenoxy) is 1. The molecular formula is C28H43N5O4. The number of pyridine rings is 1. The van der Waals surface area contributed by atoms with Crippen molar-refractivity contribution in [2.45, 2.75) is 51.7 Å². The van der Waals surface area contributed by atoms with Gasteiger partial charge < -0.3 is 24.5 Å². The number of likely N-dealkylation sites (tertiary alicyclic amines) is 1. The molecule has 1 N–H and O–H groups in total. The summed E-state index contributed by atoms with van der Waals surface area (Å²) in [6, 6.07) is 1.35. The monoisotopic (exact) mass is 513 g/mol. The molecule has 0 spiro atoms. The van der Waals surface area contributed by atoms with Crippen molar-refractivity contribution in [3.63, 3.8) is 0 Å². The molecule has 2 amide bonds. The van der Waals surface area contributed by atoms with Gasteiger partial charge in [0, 0.05) is 44.2 Å². The Hall–Kier alpha value is -2.67. The van der Waals surface area contributed by atoms with Crippen molar-refractivity contribution in [1.82, 2.24) is 24.6 Å². The molecule has 2 aliphatic rings. The van der Waals surface area contributed by atoms with Crippen molar-refractivity contribution in [2.75, 3.05) is 67.0 Å². The zero-order chi connectivity index (χ0) is 26.9. The number of carbonyl (C=O) groups excluding carboxylic acids is 2. The minimum atomic E-state index is -0.367. The molecule has 3 atom stereocenters. The van der Waals surface area contributed by atoms with Crippen LogP contribution in [0.5, 0.6) is 5.88 Å². The molecular weight excluding hydrogens is 470 g/mol. The van der Waals surface area contributed by atoms with Gasteiger partial charge in [-0.15, -0.1) is 0 Å². The first kappa shape index (κ1) is 28.9. The third kappa shape index (κ3) is 8.16. The van der Waals surface area contributed by atoms with Crippen LogP contribution in [0.3, 0.4) is 0 Å². The molecule has 2 aliphatic heterocycles. The van der Waals surface area contributed by atoms with Crippen LogP contribution in [0.25, 0.3) is 0 Å². The molecule has 0 radical (unpaired) electrons. The van der Waals surface area contributed by atoms with Crippen molar-refractivity contribution >= 4 is 11.8 Å². The van der Waals surface area contributed by atoms with E-state index in [1.807, 2.05) is 39.9 Å². The molecule has 204 valence electrons. The second-order valence-corrected chi connectivity index (χ2v) is 10.7. The lowest BCUT2D eigenvalue weighted by atomic mass is 9.99. The van der Waals surface area contributed by atoms with E-state index < -0.39 is 0 Å². The first-order chi connectivity index (χ1) is 17.7. The fourth-order valence-corrected chi connectivity index (χ4v) is 4.69. The molecule has 37 heavy (non-hydrogen) atoms. The van der Waals surface area contributed by atoms with Crippen LogP contribution in [0.15, 0.2) is 12.3 Å². The summed E-state index contributed by atoms with van der Waals surface area (Å²) in [7, 11) is 5.69. The molecule has 0 unspecified atom stereocenters. The van der Waals surface area contributed by atoms with Crippen LogP contribution in [0.4, 0.5) is 0 Å². The van der Waals surface area contributed by atoms with E-state index in [2.05, 4.69) is 21.7 Å². The highest BCUT2D eigenvalue weighted by Crippen LogP contribution is 2.27. The number of rotatable bonds is 8. The Kier molecular flexibility index (Phi) is 10.7. The molecule has 1 aromatic rings. The number of aliphatic hydroxyl groups excluding tert-OH is 1. The van der Waals surface area contributed by atoms with Crippen LogP contribution < -0.4 is 4.74 Å². The minimum absolute atomic E-state index is 0.0789. The molecule has 1 aromatic heterocycles. The van der Waals surface area contributed by atoms with Gasteiger partial charge in [-0.05, 0) is 53.0 Å². The van der Waals surface area contributed by atoms with Crippen LogP contribution in [-0.2, 0) is 4.79 Å². The summed E-state index contributed by atoms with van der Waals surface area (Å²) < 4.78 is 6.31. The van der Waals surface area contributed by atoms with E-state index in [0.717, 1.165) is 19.6 Å². The maximum Gasteiger partial charge on any atom is 0.259 e. The van der Waals surface area contributed by atoms with Crippen molar-refractivity contribution in [1.29, 1.82) is 0 Å². The van der Waals surface area contributed by atoms with Crippen molar-refractivity contribution in [3.05, 3.63) is 23.4 Å². The second-order valence-electron chi connectivity index (χ2n) is 10.7. The Bertz CT molecular complexity index is 983. The number of aromatic nitrogens is 1. The average Bonchev–Trinajstić information content (AvgIpc) is 2.89. The summed E-state index contributed by atoms with van der Waals surface area (Å²) in [6.07, 6.45) is 5.42. The number of fused-ring (bicyclic) bond motifs is 1. The number of aliphatic hydroxyl groups is 1. The van der Waals surface area contributed by atoms with Gasteiger partial charge in [-0.25, -0.2) is 4.98 Å². The fraction of sp³-hybridized carbons (Fsp3) is 0.679. The Morgan fingerprint density at radius 1 is 1.27 bits per heavy atom. The van der Waals surface area contributed by atoms with Gasteiger partial charge in [0.2, 0.25) is 11.8 Å². The largest absolute Gasteiger partial charge is 0.472 e. The van der Waals surface area contributed by atoms with Crippen LogP contribution in [-0.4, -0.2) is 121 Å². The number of hydrogen-bond donors (Lipinski definition) is 1. The maximum absolute atomic E-state index is 13.5. The summed E-state index contributed by atoms with van der Waals surface area (Å²) in [5.41, 5.74) is 0.956. The minimum Gasteiger partial charge on any atom is -0.472 e. The number of likely N-dealkylation sites (N-methyl/N-ethyl adjacent to an activating group) is 1. The molecule has 9 heteroatoms. The second kappa shape index (κ2) is 13.8. The van der Waals surface area contributed by atoms with E-state index in [1.54, 1.807) is 22.1 Å². The van der Waals surface area contributed by atoms with Gasteiger partial charge in [0.25, 0.3) is 5.91 Å². The molecule has 0 aliphatic carbocycles. The Morgan fingerprint density at radius 3 is 2.68 bits per heavy atom. The molecule has 0 bridgehead atoms. The highest BCUT2D eigenvalue weighted by atomic mass is 16.5. The summed E-state index contributed by atoms with van der Waals surface area (Å²) >= 11 is 0. The van der Waals surface area contributed by atoms with E-state index in [4.69, 9.17) is 4.74 Å². The Morgan fingerprint density at radius 2 is 2.00 bits per heavy atom. The summed E-state index contributed by atoms with van der Waals surface area (Å²) in [6.45, 7) is 7.98. The number of hydrogen-bond acceptors (Lipinski definition) is 7. The van der Waals surface area contributed by atoms with E-state index in [0.29, 0.717) is 37.2 Å². The van der Waals surface area contributed by atoms with Gasteiger partial charge in [-0.1, -0.05) is 25.2 Å². The molecule has 0 saturated carbocycles. The standard InChI is InChI=1S/C28H43N5O4/c1-21-18-33(22(2)20-34)28(36)24-16-23(10-9-12-30(3)4)17-29-27(24)37-25(21)19-31(5)26(35)11-15-32-13-7-6-8-14-32/h16-17,21-22,25,34H,6-8,11-15,18-20H2,1-5H3/t21-,22+,25-/m1/s1. The van der Waals surface area contributed by atoms with E-state index in [-0.39, 0.29) is 42.4 Å². The van der Waals surface area contributed by atoms with Gasteiger partial charge in [0.15, 0.2) is 0 Å². The van der Waals surface area contributed by atoms with Crippen LogP contribution in [0.1, 0.15) is 55.5 Å². The predicted octanol–water partition coefficient (Wildman–Crippen LogP) is 1.55. The zero-order valence-corrected chi connectivity index (χ0v) is 23.1. The quantitative estimate of drug-likeness (QED) is 0.528.